The molecule has 2 aromatic rings. The summed E-state index contributed by atoms with van der Waals surface area (Å²) in [5, 5.41) is 4.05. The highest BCUT2D eigenvalue weighted by Crippen LogP contribution is 2.08. The van der Waals surface area contributed by atoms with Crippen molar-refractivity contribution >= 4 is 11.8 Å². The molecule has 0 fully saturated rings. The van der Waals surface area contributed by atoms with E-state index < -0.39 is 0 Å². The van der Waals surface area contributed by atoms with Crippen LogP contribution in [0, 0.1) is 0 Å². The predicted octanol–water partition coefficient (Wildman–Crippen LogP) is 2.30. The lowest BCUT2D eigenvalue weighted by Gasteiger charge is -1.99. The van der Waals surface area contributed by atoms with Gasteiger partial charge in [0, 0.05) is 5.70 Å². The van der Waals surface area contributed by atoms with E-state index in [-0.39, 0.29) is 0 Å². The molecule has 1 aromatic carbocycles. The van der Waals surface area contributed by atoms with Gasteiger partial charge in [-0.25, -0.2) is 9.67 Å². The molecular formula is C11H11N3. The van der Waals surface area contributed by atoms with Gasteiger partial charge in [-0.15, -0.1) is 0 Å². The average Bonchev–Trinajstić information content (AvgIpc) is 2.72. The van der Waals surface area contributed by atoms with Crippen molar-refractivity contribution in [3.63, 3.8) is 0 Å². The summed E-state index contributed by atoms with van der Waals surface area (Å²) in [5.74, 6) is 0. The van der Waals surface area contributed by atoms with Crippen LogP contribution in [0.15, 0.2) is 43.0 Å². The van der Waals surface area contributed by atoms with Crippen molar-refractivity contribution < 1.29 is 0 Å². The molecule has 1 heterocycles. The summed E-state index contributed by atoms with van der Waals surface area (Å²) in [7, 11) is 0. The topological polar surface area (TPSA) is 30.7 Å². The summed E-state index contributed by atoms with van der Waals surface area (Å²) in [6.07, 6.45) is 5.28. The SMILES string of the molecule is CC(=Cc1ccccc1)n1cncn1. The van der Waals surface area contributed by atoms with Gasteiger partial charge in [-0.2, -0.15) is 5.10 Å². The van der Waals surface area contributed by atoms with Gasteiger partial charge in [-0.05, 0) is 18.6 Å². The van der Waals surface area contributed by atoms with Crippen molar-refractivity contribution in [3.8, 4) is 0 Å². The van der Waals surface area contributed by atoms with Crippen LogP contribution in [0.25, 0.3) is 11.8 Å². The minimum absolute atomic E-state index is 1.05. The summed E-state index contributed by atoms with van der Waals surface area (Å²) >= 11 is 0. The fraction of sp³-hybridized carbons (Fsp3) is 0.0909. The Labute approximate surface area is 82.7 Å². The third kappa shape index (κ3) is 1.88. The lowest BCUT2D eigenvalue weighted by molar-refractivity contribution is 0.898. The molecular weight excluding hydrogens is 174 g/mol. The molecule has 3 nitrogen and oxygen atoms in total. The minimum atomic E-state index is 1.05. The molecule has 0 bridgehead atoms. The highest BCUT2D eigenvalue weighted by Gasteiger charge is 1.93. The van der Waals surface area contributed by atoms with Crippen LogP contribution in [-0.4, -0.2) is 14.8 Å². The molecule has 0 saturated heterocycles. The highest BCUT2D eigenvalue weighted by molar-refractivity contribution is 5.68. The van der Waals surface area contributed by atoms with Crippen LogP contribution in [0.2, 0.25) is 0 Å². The molecule has 14 heavy (non-hydrogen) atoms. The van der Waals surface area contributed by atoms with Gasteiger partial charge in [-0.1, -0.05) is 30.3 Å². The Kier molecular flexibility index (Phi) is 2.40. The van der Waals surface area contributed by atoms with Crippen molar-refractivity contribution in [1.29, 1.82) is 0 Å². The van der Waals surface area contributed by atoms with Gasteiger partial charge in [0.2, 0.25) is 0 Å². The summed E-state index contributed by atoms with van der Waals surface area (Å²) in [6, 6.07) is 10.1. The summed E-state index contributed by atoms with van der Waals surface area (Å²) < 4.78 is 1.74. The van der Waals surface area contributed by atoms with Crippen LogP contribution in [0.3, 0.4) is 0 Å². The average molecular weight is 185 g/mol. The van der Waals surface area contributed by atoms with Crippen LogP contribution >= 0.6 is 0 Å². The second-order valence-electron chi connectivity index (χ2n) is 3.04. The second kappa shape index (κ2) is 3.87. The highest BCUT2D eigenvalue weighted by atomic mass is 15.3. The maximum absolute atomic E-state index is 4.05. The van der Waals surface area contributed by atoms with Crippen LogP contribution in [0.5, 0.6) is 0 Å². The quantitative estimate of drug-likeness (QED) is 0.718. The van der Waals surface area contributed by atoms with Crippen molar-refractivity contribution in [2.24, 2.45) is 0 Å². The molecule has 0 aliphatic heterocycles. The molecule has 0 atom stereocenters. The van der Waals surface area contributed by atoms with E-state index in [1.807, 2.05) is 25.1 Å². The molecule has 0 amide bonds. The molecule has 0 saturated carbocycles. The number of hydrogen-bond acceptors (Lipinski definition) is 2. The molecule has 0 spiro atoms. The van der Waals surface area contributed by atoms with E-state index in [4.69, 9.17) is 0 Å². The first kappa shape index (κ1) is 8.69. The fourth-order valence-corrected chi connectivity index (χ4v) is 1.25. The van der Waals surface area contributed by atoms with Crippen molar-refractivity contribution in [2.45, 2.75) is 6.92 Å². The van der Waals surface area contributed by atoms with E-state index in [1.54, 1.807) is 11.0 Å². The Morgan fingerprint density at radius 3 is 2.71 bits per heavy atom. The van der Waals surface area contributed by atoms with Gasteiger partial charge in [0.25, 0.3) is 0 Å². The zero-order valence-electron chi connectivity index (χ0n) is 7.96. The van der Waals surface area contributed by atoms with Crippen LogP contribution < -0.4 is 0 Å². The standard InChI is InChI=1S/C11H11N3/c1-10(14-9-12-8-13-14)7-11-5-3-2-4-6-11/h2-9H,1H3. The summed E-state index contributed by atoms with van der Waals surface area (Å²) in [5.41, 5.74) is 2.22. The smallest absolute Gasteiger partial charge is 0.138 e. The molecule has 0 radical (unpaired) electrons. The maximum atomic E-state index is 4.05. The molecule has 0 aliphatic carbocycles. The minimum Gasteiger partial charge on any atom is -0.225 e. The first-order valence-electron chi connectivity index (χ1n) is 4.44. The first-order valence-corrected chi connectivity index (χ1v) is 4.44. The van der Waals surface area contributed by atoms with E-state index in [9.17, 15) is 0 Å². The van der Waals surface area contributed by atoms with Gasteiger partial charge in [0.15, 0.2) is 0 Å². The Morgan fingerprint density at radius 1 is 1.29 bits per heavy atom. The van der Waals surface area contributed by atoms with Crippen LogP contribution in [0.1, 0.15) is 12.5 Å². The largest absolute Gasteiger partial charge is 0.225 e. The number of nitrogens with zero attached hydrogens (tertiary/aromatic N) is 3. The third-order valence-corrected chi connectivity index (χ3v) is 1.96. The maximum Gasteiger partial charge on any atom is 0.138 e. The number of aromatic nitrogens is 3. The molecule has 1 aromatic heterocycles. The van der Waals surface area contributed by atoms with Gasteiger partial charge >= 0.3 is 0 Å². The molecule has 0 N–H and O–H groups in total. The Balaban J connectivity index is 2.28. The van der Waals surface area contributed by atoms with Crippen molar-refractivity contribution in [3.05, 3.63) is 48.5 Å². The van der Waals surface area contributed by atoms with Gasteiger partial charge in [0.1, 0.15) is 12.7 Å². The van der Waals surface area contributed by atoms with E-state index in [2.05, 4.69) is 28.3 Å². The number of hydrogen-bond donors (Lipinski definition) is 0. The lowest BCUT2D eigenvalue weighted by Crippen LogP contribution is -1.92. The van der Waals surface area contributed by atoms with Crippen molar-refractivity contribution in [1.82, 2.24) is 14.8 Å². The molecule has 0 aliphatic rings. The Morgan fingerprint density at radius 2 is 2.07 bits per heavy atom. The van der Waals surface area contributed by atoms with E-state index in [0.717, 1.165) is 5.70 Å². The fourth-order valence-electron chi connectivity index (χ4n) is 1.25. The zero-order chi connectivity index (χ0) is 9.80. The van der Waals surface area contributed by atoms with E-state index in [1.165, 1.54) is 11.9 Å². The van der Waals surface area contributed by atoms with E-state index >= 15 is 0 Å². The van der Waals surface area contributed by atoms with E-state index in [0.29, 0.717) is 0 Å². The lowest BCUT2D eigenvalue weighted by atomic mass is 10.2. The Hall–Kier alpha value is -1.90. The zero-order valence-corrected chi connectivity index (χ0v) is 7.96. The summed E-state index contributed by atoms with van der Waals surface area (Å²) in [6.45, 7) is 2.00. The predicted molar refractivity (Wildman–Crippen MR) is 56.3 cm³/mol. The van der Waals surface area contributed by atoms with Gasteiger partial charge in [0.05, 0.1) is 0 Å². The van der Waals surface area contributed by atoms with Gasteiger partial charge < -0.3 is 0 Å². The molecule has 0 unspecified atom stereocenters. The number of benzene rings is 1. The normalized spacial score (nSPS) is 11.6. The van der Waals surface area contributed by atoms with Crippen LogP contribution in [0.4, 0.5) is 0 Å². The number of allylic oxidation sites excluding steroid dienone is 1. The second-order valence-corrected chi connectivity index (χ2v) is 3.04. The van der Waals surface area contributed by atoms with Crippen LogP contribution in [-0.2, 0) is 0 Å². The first-order chi connectivity index (χ1) is 6.86. The van der Waals surface area contributed by atoms with Gasteiger partial charge in [-0.3, -0.25) is 0 Å². The third-order valence-electron chi connectivity index (χ3n) is 1.96. The summed E-state index contributed by atoms with van der Waals surface area (Å²) in [4.78, 5) is 3.90. The Bertz CT molecular complexity index is 415. The molecule has 3 heteroatoms. The van der Waals surface area contributed by atoms with Crippen molar-refractivity contribution in [2.75, 3.05) is 0 Å². The number of rotatable bonds is 2. The monoisotopic (exact) mass is 185 g/mol. The molecule has 70 valence electrons. The molecule has 2 rings (SSSR count).